The van der Waals surface area contributed by atoms with Gasteiger partial charge in [0.1, 0.15) is 11.4 Å². The number of anilines is 1. The van der Waals surface area contributed by atoms with Crippen LogP contribution in [0.4, 0.5) is 5.69 Å². The second-order valence-corrected chi connectivity index (χ2v) is 7.02. The molecule has 0 bridgehead atoms. The van der Waals surface area contributed by atoms with Gasteiger partial charge in [-0.3, -0.25) is 9.69 Å². The number of fused-ring (bicyclic) bond motifs is 1. The first-order chi connectivity index (χ1) is 14.6. The van der Waals surface area contributed by atoms with Gasteiger partial charge in [-0.2, -0.15) is 0 Å². The summed E-state index contributed by atoms with van der Waals surface area (Å²) in [5, 5.41) is 3.25. The number of amides is 1. The molecule has 0 aromatic heterocycles. The number of hydrogen-bond acceptors (Lipinski definition) is 4. The predicted molar refractivity (Wildman–Crippen MR) is 115 cm³/mol. The van der Waals surface area contributed by atoms with Crippen LogP contribution in [0.25, 0.3) is 0 Å². The number of carbonyl (C=O) groups excluding carboxylic acids is 2. The van der Waals surface area contributed by atoms with E-state index in [4.69, 9.17) is 4.74 Å². The predicted octanol–water partition coefficient (Wildman–Crippen LogP) is 4.27. The molecule has 0 aliphatic carbocycles. The molecule has 1 amide bonds. The summed E-state index contributed by atoms with van der Waals surface area (Å²) >= 11 is 0. The van der Waals surface area contributed by atoms with E-state index >= 15 is 0 Å². The Labute approximate surface area is 175 Å². The molecule has 0 saturated carbocycles. The van der Waals surface area contributed by atoms with Crippen LogP contribution in [-0.4, -0.2) is 23.9 Å². The average Bonchev–Trinajstić information content (AvgIpc) is 2.79. The van der Waals surface area contributed by atoms with Gasteiger partial charge in [0.05, 0.1) is 13.2 Å². The van der Waals surface area contributed by atoms with Gasteiger partial charge in [0.15, 0.2) is 0 Å². The van der Waals surface area contributed by atoms with Crippen molar-refractivity contribution in [1.29, 1.82) is 0 Å². The Kier molecular flexibility index (Phi) is 5.11. The fourth-order valence-corrected chi connectivity index (χ4v) is 4.17. The van der Waals surface area contributed by atoms with Crippen molar-refractivity contribution in [2.75, 3.05) is 12.4 Å². The second-order valence-electron chi connectivity index (χ2n) is 7.02. The molecule has 0 fully saturated rings. The largest absolute Gasteiger partial charge is 0.466 e. The molecule has 5 heteroatoms. The lowest BCUT2D eigenvalue weighted by Crippen LogP contribution is -2.54. The van der Waals surface area contributed by atoms with E-state index in [-0.39, 0.29) is 5.91 Å². The topological polar surface area (TPSA) is 58.6 Å². The fraction of sp³-hybridized carbons (Fsp3) is 0.120. The van der Waals surface area contributed by atoms with E-state index in [1.165, 1.54) is 20.1 Å². The van der Waals surface area contributed by atoms with Crippen LogP contribution in [0.3, 0.4) is 0 Å². The number of nitrogens with zero attached hydrogens (tertiary/aromatic N) is 1. The number of nitrogens with one attached hydrogen (secondary N) is 1. The molecule has 30 heavy (non-hydrogen) atoms. The Morgan fingerprint density at radius 3 is 1.93 bits per heavy atom. The van der Waals surface area contributed by atoms with Crippen LogP contribution in [0.15, 0.2) is 96.8 Å². The lowest BCUT2D eigenvalue weighted by molar-refractivity contribution is -0.135. The van der Waals surface area contributed by atoms with Crippen LogP contribution < -0.4 is 5.32 Å². The molecule has 3 aromatic carbocycles. The molecular formula is C25H22N2O3. The number of hydrogen-bond donors (Lipinski definition) is 1. The summed E-state index contributed by atoms with van der Waals surface area (Å²) in [6.07, 6.45) is 1.32. The van der Waals surface area contributed by atoms with Gasteiger partial charge in [-0.1, -0.05) is 78.9 Å². The first kappa shape index (κ1) is 19.5. The fourth-order valence-electron chi connectivity index (χ4n) is 4.17. The molecular weight excluding hydrogens is 376 g/mol. The van der Waals surface area contributed by atoms with Crippen molar-refractivity contribution in [3.8, 4) is 0 Å². The monoisotopic (exact) mass is 398 g/mol. The molecule has 4 rings (SSSR count). The minimum Gasteiger partial charge on any atom is -0.466 e. The zero-order chi connectivity index (χ0) is 21.1. The van der Waals surface area contributed by atoms with E-state index in [2.05, 4.69) is 5.32 Å². The van der Waals surface area contributed by atoms with E-state index in [1.54, 1.807) is 4.90 Å². The minimum absolute atomic E-state index is 0.208. The molecule has 0 saturated heterocycles. The number of carbonyl (C=O) groups is 2. The van der Waals surface area contributed by atoms with Gasteiger partial charge in [-0.25, -0.2) is 4.79 Å². The number of benzene rings is 3. The molecule has 0 unspecified atom stereocenters. The standard InChI is InChI=1S/C25H22N2O3/c1-18(28)27-23(17-24(29)30-2)26-22-16-10-9-15-21(22)25(27,19-11-5-3-6-12-19)20-13-7-4-8-14-20/h3-17,26H,1-2H3/b23-17+. The second kappa shape index (κ2) is 7.87. The lowest BCUT2D eigenvalue weighted by atomic mass is 9.73. The van der Waals surface area contributed by atoms with Gasteiger partial charge in [0.2, 0.25) is 5.91 Å². The van der Waals surface area contributed by atoms with Crippen molar-refractivity contribution in [2.24, 2.45) is 0 Å². The summed E-state index contributed by atoms with van der Waals surface area (Å²) in [6.45, 7) is 1.50. The first-order valence-electron chi connectivity index (χ1n) is 9.67. The molecule has 1 N–H and O–H groups in total. The van der Waals surface area contributed by atoms with Gasteiger partial charge < -0.3 is 10.1 Å². The van der Waals surface area contributed by atoms with Crippen molar-refractivity contribution >= 4 is 17.6 Å². The Morgan fingerprint density at radius 1 is 0.867 bits per heavy atom. The SMILES string of the molecule is COC(=O)/C=C1\Nc2ccccc2C(c2ccccc2)(c2ccccc2)N1C(C)=O. The molecule has 3 aromatic rings. The van der Waals surface area contributed by atoms with Crippen LogP contribution in [0, 0.1) is 0 Å². The number of methoxy groups -OCH3 is 1. The van der Waals surface area contributed by atoms with E-state index in [9.17, 15) is 9.59 Å². The zero-order valence-electron chi connectivity index (χ0n) is 16.8. The van der Waals surface area contributed by atoms with E-state index in [0.29, 0.717) is 5.82 Å². The highest BCUT2D eigenvalue weighted by molar-refractivity contribution is 5.88. The smallest absolute Gasteiger partial charge is 0.334 e. The third-order valence-electron chi connectivity index (χ3n) is 5.31. The van der Waals surface area contributed by atoms with Gasteiger partial charge in [-0.15, -0.1) is 0 Å². The maximum absolute atomic E-state index is 13.1. The molecule has 1 aliphatic heterocycles. The normalized spacial score (nSPS) is 15.8. The lowest BCUT2D eigenvalue weighted by Gasteiger charge is -2.49. The molecule has 0 spiro atoms. The van der Waals surface area contributed by atoms with Crippen molar-refractivity contribution in [3.63, 3.8) is 0 Å². The summed E-state index contributed by atoms with van der Waals surface area (Å²) in [5.41, 5.74) is 2.60. The van der Waals surface area contributed by atoms with E-state index < -0.39 is 11.5 Å². The van der Waals surface area contributed by atoms with Crippen molar-refractivity contribution in [1.82, 2.24) is 4.90 Å². The maximum Gasteiger partial charge on any atom is 0.334 e. The number of esters is 1. The highest BCUT2D eigenvalue weighted by Crippen LogP contribution is 2.49. The quantitative estimate of drug-likeness (QED) is 0.529. The number of ether oxygens (including phenoxy) is 1. The number of rotatable bonds is 3. The van der Waals surface area contributed by atoms with E-state index in [1.807, 2.05) is 84.9 Å². The van der Waals surface area contributed by atoms with Crippen LogP contribution >= 0.6 is 0 Å². The maximum atomic E-state index is 13.1. The van der Waals surface area contributed by atoms with Gasteiger partial charge in [0.25, 0.3) is 0 Å². The summed E-state index contributed by atoms with van der Waals surface area (Å²) in [7, 11) is 1.32. The third-order valence-corrected chi connectivity index (χ3v) is 5.31. The Hall–Kier alpha value is -3.86. The summed E-state index contributed by atoms with van der Waals surface area (Å²) in [6, 6.07) is 27.5. The third kappa shape index (κ3) is 3.05. The Morgan fingerprint density at radius 2 is 1.40 bits per heavy atom. The summed E-state index contributed by atoms with van der Waals surface area (Å²) < 4.78 is 4.86. The molecule has 0 radical (unpaired) electrons. The first-order valence-corrected chi connectivity index (χ1v) is 9.67. The van der Waals surface area contributed by atoms with Crippen molar-refractivity contribution in [2.45, 2.75) is 12.5 Å². The molecule has 150 valence electrons. The van der Waals surface area contributed by atoms with Crippen LogP contribution in [0.5, 0.6) is 0 Å². The minimum atomic E-state index is -0.962. The molecule has 1 aliphatic rings. The van der Waals surface area contributed by atoms with Crippen LogP contribution in [-0.2, 0) is 19.9 Å². The number of para-hydroxylation sites is 1. The van der Waals surface area contributed by atoms with Crippen LogP contribution in [0.2, 0.25) is 0 Å². The summed E-state index contributed by atoms with van der Waals surface area (Å²) in [5.74, 6) is -0.390. The highest BCUT2D eigenvalue weighted by Gasteiger charge is 2.49. The average molecular weight is 398 g/mol. The van der Waals surface area contributed by atoms with Crippen molar-refractivity contribution in [3.05, 3.63) is 114 Å². The van der Waals surface area contributed by atoms with Crippen molar-refractivity contribution < 1.29 is 14.3 Å². The molecule has 0 atom stereocenters. The van der Waals surface area contributed by atoms with Gasteiger partial charge in [0, 0.05) is 18.2 Å². The molecule has 5 nitrogen and oxygen atoms in total. The molecule has 1 heterocycles. The van der Waals surface area contributed by atoms with E-state index in [0.717, 1.165) is 22.4 Å². The van der Waals surface area contributed by atoms with Gasteiger partial charge in [-0.05, 0) is 17.2 Å². The highest BCUT2D eigenvalue weighted by atomic mass is 16.5. The van der Waals surface area contributed by atoms with Gasteiger partial charge >= 0.3 is 5.97 Å². The Balaban J connectivity index is 2.15. The zero-order valence-corrected chi connectivity index (χ0v) is 16.8. The summed E-state index contributed by atoms with van der Waals surface area (Å²) in [4.78, 5) is 26.9. The van der Waals surface area contributed by atoms with Crippen LogP contribution in [0.1, 0.15) is 23.6 Å². The Bertz CT molecular complexity index is 1070.